The average Bonchev–Trinajstić information content (AvgIpc) is 3.12. The molecule has 0 bridgehead atoms. The second-order valence-electron chi connectivity index (χ2n) is 5.19. The molecule has 0 fully saturated rings. The van der Waals surface area contributed by atoms with Crippen molar-refractivity contribution in [1.29, 1.82) is 0 Å². The summed E-state index contributed by atoms with van der Waals surface area (Å²) in [7, 11) is 0. The van der Waals surface area contributed by atoms with Crippen molar-refractivity contribution in [2.45, 2.75) is 32.9 Å². The first-order valence-corrected chi connectivity index (χ1v) is 7.07. The van der Waals surface area contributed by atoms with E-state index >= 15 is 0 Å². The molecule has 0 saturated heterocycles. The van der Waals surface area contributed by atoms with Crippen LogP contribution in [0.4, 0.5) is 0 Å². The Morgan fingerprint density at radius 2 is 2.45 bits per heavy atom. The summed E-state index contributed by atoms with van der Waals surface area (Å²) in [5.41, 5.74) is 0.629. The molecule has 0 radical (unpaired) electrons. The molecule has 1 N–H and O–H groups in total. The number of amides is 1. The Bertz CT molecular complexity index is 600. The third-order valence-electron chi connectivity index (χ3n) is 3.82. The summed E-state index contributed by atoms with van der Waals surface area (Å²) in [4.78, 5) is 16.4. The molecule has 0 aromatic carbocycles. The van der Waals surface area contributed by atoms with Crippen molar-refractivity contribution in [1.82, 2.24) is 24.6 Å². The summed E-state index contributed by atoms with van der Waals surface area (Å²) >= 11 is 0. The maximum atomic E-state index is 12.0. The summed E-state index contributed by atoms with van der Waals surface area (Å²) in [6, 6.07) is 0. The Kier molecular flexibility index (Phi) is 3.54. The molecule has 0 aliphatic carbocycles. The molecule has 2 aromatic rings. The van der Waals surface area contributed by atoms with Gasteiger partial charge < -0.3 is 9.88 Å². The van der Waals surface area contributed by atoms with Crippen molar-refractivity contribution < 1.29 is 4.79 Å². The summed E-state index contributed by atoms with van der Waals surface area (Å²) in [6.45, 7) is 4.46. The molecule has 3 heterocycles. The van der Waals surface area contributed by atoms with Gasteiger partial charge in [0.1, 0.15) is 5.82 Å². The van der Waals surface area contributed by atoms with Gasteiger partial charge in [-0.3, -0.25) is 9.48 Å². The van der Waals surface area contributed by atoms with Gasteiger partial charge in [0.15, 0.2) is 0 Å². The highest BCUT2D eigenvalue weighted by molar-refractivity contribution is 5.93. The Morgan fingerprint density at radius 3 is 3.25 bits per heavy atom. The fourth-order valence-corrected chi connectivity index (χ4v) is 2.58. The zero-order valence-corrected chi connectivity index (χ0v) is 11.6. The number of aryl methyl sites for hydroxylation is 2. The van der Waals surface area contributed by atoms with Gasteiger partial charge in [-0.25, -0.2) is 4.98 Å². The largest absolute Gasteiger partial charge is 0.352 e. The van der Waals surface area contributed by atoms with Gasteiger partial charge in [0, 0.05) is 44.6 Å². The highest BCUT2D eigenvalue weighted by atomic mass is 16.1. The number of nitrogens with zero attached hydrogens (tertiary/aromatic N) is 4. The first-order chi connectivity index (χ1) is 9.76. The Morgan fingerprint density at radius 1 is 1.55 bits per heavy atom. The molecule has 6 heteroatoms. The van der Waals surface area contributed by atoms with E-state index in [4.69, 9.17) is 0 Å². The van der Waals surface area contributed by atoms with Crippen LogP contribution in [0.3, 0.4) is 0 Å². The lowest BCUT2D eigenvalue weighted by Crippen LogP contribution is -2.33. The fraction of sp³-hybridized carbons (Fsp3) is 0.500. The Balaban J connectivity index is 1.54. The first kappa shape index (κ1) is 12.9. The molecule has 1 amide bonds. The normalized spacial score (nSPS) is 17.8. The van der Waals surface area contributed by atoms with E-state index in [1.54, 1.807) is 17.1 Å². The van der Waals surface area contributed by atoms with Crippen molar-refractivity contribution in [3.8, 4) is 0 Å². The van der Waals surface area contributed by atoms with E-state index in [-0.39, 0.29) is 5.91 Å². The van der Waals surface area contributed by atoms with E-state index in [0.717, 1.165) is 31.8 Å². The molecular weight excluding hydrogens is 254 g/mol. The second-order valence-corrected chi connectivity index (χ2v) is 5.19. The number of fused-ring (bicyclic) bond motifs is 1. The van der Waals surface area contributed by atoms with Crippen molar-refractivity contribution in [2.24, 2.45) is 5.92 Å². The number of hydrogen-bond acceptors (Lipinski definition) is 3. The minimum atomic E-state index is -0.0429. The van der Waals surface area contributed by atoms with Crippen LogP contribution >= 0.6 is 0 Å². The van der Waals surface area contributed by atoms with Gasteiger partial charge in [0.25, 0.3) is 5.91 Å². The first-order valence-electron chi connectivity index (χ1n) is 7.07. The number of hydrogen-bond donors (Lipinski definition) is 1. The minimum absolute atomic E-state index is 0.0429. The number of imidazole rings is 1. The minimum Gasteiger partial charge on any atom is -0.352 e. The van der Waals surface area contributed by atoms with Crippen LogP contribution in [-0.4, -0.2) is 31.8 Å². The van der Waals surface area contributed by atoms with Gasteiger partial charge in [0.05, 0.1) is 11.8 Å². The maximum Gasteiger partial charge on any atom is 0.254 e. The number of carbonyl (C=O) groups is 1. The van der Waals surface area contributed by atoms with Gasteiger partial charge in [-0.1, -0.05) is 0 Å². The van der Waals surface area contributed by atoms with Crippen molar-refractivity contribution in [2.75, 3.05) is 6.54 Å². The molecule has 1 atom stereocenters. The topological polar surface area (TPSA) is 64.7 Å². The van der Waals surface area contributed by atoms with E-state index in [2.05, 4.69) is 20.0 Å². The van der Waals surface area contributed by atoms with Crippen LogP contribution in [0.1, 0.15) is 29.5 Å². The molecule has 1 aliphatic rings. The lowest BCUT2D eigenvalue weighted by atomic mass is 9.98. The Hall–Kier alpha value is -2.11. The van der Waals surface area contributed by atoms with Crippen LogP contribution in [0.5, 0.6) is 0 Å². The van der Waals surface area contributed by atoms with E-state index in [1.807, 2.05) is 19.3 Å². The number of aromatic nitrogens is 4. The van der Waals surface area contributed by atoms with Crippen LogP contribution in [-0.2, 0) is 19.5 Å². The summed E-state index contributed by atoms with van der Waals surface area (Å²) in [5.74, 6) is 1.54. The third-order valence-corrected chi connectivity index (χ3v) is 3.82. The summed E-state index contributed by atoms with van der Waals surface area (Å²) in [6.07, 6.45) is 9.27. The lowest BCUT2D eigenvalue weighted by Gasteiger charge is -2.23. The van der Waals surface area contributed by atoms with Crippen LogP contribution in [0.2, 0.25) is 0 Å². The highest BCUT2D eigenvalue weighted by Crippen LogP contribution is 2.18. The van der Waals surface area contributed by atoms with Gasteiger partial charge >= 0.3 is 0 Å². The van der Waals surface area contributed by atoms with E-state index in [1.165, 1.54) is 0 Å². The van der Waals surface area contributed by atoms with Gasteiger partial charge in [-0.15, -0.1) is 0 Å². The number of rotatable bonds is 4. The molecule has 1 aliphatic heterocycles. The standard InChI is InChI=1S/C14H19N5O/c1-2-19-10-12(9-17-19)14(20)16-8-11-3-5-18-6-4-15-13(18)7-11/h4,6,9-11H,2-3,5,7-8H2,1H3,(H,16,20)/t11-/m0/s1. The maximum absolute atomic E-state index is 12.0. The van der Waals surface area contributed by atoms with Gasteiger partial charge in [-0.05, 0) is 19.3 Å². The molecule has 3 rings (SSSR count). The van der Waals surface area contributed by atoms with Gasteiger partial charge in [0.2, 0.25) is 0 Å². The van der Waals surface area contributed by atoms with Crippen LogP contribution in [0.25, 0.3) is 0 Å². The number of carbonyl (C=O) groups excluding carboxylic acids is 1. The quantitative estimate of drug-likeness (QED) is 0.907. The monoisotopic (exact) mass is 273 g/mol. The zero-order valence-electron chi connectivity index (χ0n) is 11.6. The summed E-state index contributed by atoms with van der Waals surface area (Å²) in [5, 5.41) is 7.12. The van der Waals surface area contributed by atoms with Crippen LogP contribution < -0.4 is 5.32 Å². The molecule has 2 aromatic heterocycles. The predicted molar refractivity (Wildman–Crippen MR) is 74.3 cm³/mol. The van der Waals surface area contributed by atoms with Crippen LogP contribution in [0, 0.1) is 5.92 Å². The van der Waals surface area contributed by atoms with Crippen LogP contribution in [0.15, 0.2) is 24.8 Å². The Labute approximate surface area is 117 Å². The molecule has 106 valence electrons. The number of nitrogens with one attached hydrogen (secondary N) is 1. The fourth-order valence-electron chi connectivity index (χ4n) is 2.58. The second kappa shape index (κ2) is 5.48. The van der Waals surface area contributed by atoms with E-state index in [9.17, 15) is 4.79 Å². The van der Waals surface area contributed by atoms with Gasteiger partial charge in [-0.2, -0.15) is 5.10 Å². The van der Waals surface area contributed by atoms with E-state index in [0.29, 0.717) is 18.0 Å². The zero-order chi connectivity index (χ0) is 13.9. The highest BCUT2D eigenvalue weighted by Gasteiger charge is 2.20. The summed E-state index contributed by atoms with van der Waals surface area (Å²) < 4.78 is 3.94. The SMILES string of the molecule is CCn1cc(C(=O)NC[C@H]2CCn3ccnc3C2)cn1. The predicted octanol–water partition coefficient (Wildman–Crippen LogP) is 1.09. The third kappa shape index (κ3) is 2.59. The van der Waals surface area contributed by atoms with Crippen molar-refractivity contribution in [3.05, 3.63) is 36.2 Å². The molecule has 6 nitrogen and oxygen atoms in total. The molecule has 0 spiro atoms. The van der Waals surface area contributed by atoms with Crippen molar-refractivity contribution in [3.63, 3.8) is 0 Å². The van der Waals surface area contributed by atoms with Crippen molar-refractivity contribution >= 4 is 5.91 Å². The molecule has 0 saturated carbocycles. The van der Waals surface area contributed by atoms with E-state index < -0.39 is 0 Å². The molecule has 20 heavy (non-hydrogen) atoms. The molecule has 0 unspecified atom stereocenters. The lowest BCUT2D eigenvalue weighted by molar-refractivity contribution is 0.0944. The molecular formula is C14H19N5O. The average molecular weight is 273 g/mol. The smallest absolute Gasteiger partial charge is 0.254 e.